The number of hydrogen-bond acceptors (Lipinski definition) is 5. The maximum atomic E-state index is 12.3. The molecule has 0 fully saturated rings. The summed E-state index contributed by atoms with van der Waals surface area (Å²) >= 11 is 0. The first kappa shape index (κ1) is 33.8. The van der Waals surface area contributed by atoms with E-state index in [2.05, 4.69) is 43.5 Å². The minimum absolute atomic E-state index is 0.347. The highest BCUT2D eigenvalue weighted by Gasteiger charge is 2.28. The van der Waals surface area contributed by atoms with Crippen molar-refractivity contribution >= 4 is 5.91 Å². The predicted octanol–water partition coefficient (Wildman–Crippen LogP) is 5.33. The Morgan fingerprint density at radius 1 is 0.686 bits per heavy atom. The fourth-order valence-corrected chi connectivity index (χ4v) is 3.97. The number of hydrogen-bond donors (Lipinski definition) is 5. The summed E-state index contributed by atoms with van der Waals surface area (Å²) in [6.45, 7) is 3.89. The first-order valence-corrected chi connectivity index (χ1v) is 14.2. The molecule has 6 heteroatoms. The van der Waals surface area contributed by atoms with Gasteiger partial charge in [0.1, 0.15) is 12.2 Å². The van der Waals surface area contributed by atoms with Crippen molar-refractivity contribution in [1.82, 2.24) is 5.32 Å². The zero-order chi connectivity index (χ0) is 26.2. The number of carbonyl (C=O) groups excluding carboxylic acids is 1. The minimum atomic E-state index is -1.28. The lowest BCUT2D eigenvalue weighted by Gasteiger charge is -2.27. The van der Waals surface area contributed by atoms with E-state index in [1.165, 1.54) is 38.5 Å². The van der Waals surface area contributed by atoms with Crippen LogP contribution >= 0.6 is 0 Å². The summed E-state index contributed by atoms with van der Waals surface area (Å²) in [6, 6.07) is -0.999. The number of aliphatic hydroxyl groups excluding tert-OH is 4. The van der Waals surface area contributed by atoms with Crippen LogP contribution < -0.4 is 5.32 Å². The van der Waals surface area contributed by atoms with Gasteiger partial charge in [0.25, 0.3) is 0 Å². The maximum absolute atomic E-state index is 12.3. The maximum Gasteiger partial charge on any atom is 0.249 e. The molecule has 206 valence electrons. The summed E-state index contributed by atoms with van der Waals surface area (Å²) in [5.41, 5.74) is 0. The van der Waals surface area contributed by atoms with Crippen molar-refractivity contribution in [3.8, 4) is 0 Å². The van der Waals surface area contributed by atoms with E-state index in [1.807, 2.05) is 0 Å². The van der Waals surface area contributed by atoms with Gasteiger partial charge in [-0.15, -0.1) is 0 Å². The van der Waals surface area contributed by atoms with Gasteiger partial charge in [0.2, 0.25) is 5.91 Å². The lowest BCUT2D eigenvalue weighted by Crippen LogP contribution is -2.53. The van der Waals surface area contributed by atoms with E-state index >= 15 is 0 Å². The Balaban J connectivity index is 4.04. The van der Waals surface area contributed by atoms with E-state index < -0.39 is 36.9 Å². The van der Waals surface area contributed by atoms with Crippen LogP contribution in [0.1, 0.15) is 123 Å². The molecule has 5 N–H and O–H groups in total. The van der Waals surface area contributed by atoms with E-state index in [9.17, 15) is 25.2 Å². The summed E-state index contributed by atoms with van der Waals surface area (Å²) in [7, 11) is 0. The molecule has 6 nitrogen and oxygen atoms in total. The van der Waals surface area contributed by atoms with Crippen LogP contribution in [-0.2, 0) is 4.79 Å². The van der Waals surface area contributed by atoms with Gasteiger partial charge >= 0.3 is 0 Å². The highest BCUT2D eigenvalue weighted by molar-refractivity contribution is 5.80. The fourth-order valence-electron chi connectivity index (χ4n) is 3.97. The van der Waals surface area contributed by atoms with E-state index in [4.69, 9.17) is 0 Å². The number of rotatable bonds is 24. The van der Waals surface area contributed by atoms with Crippen molar-refractivity contribution < 1.29 is 25.2 Å². The van der Waals surface area contributed by atoms with Crippen LogP contribution in [0.15, 0.2) is 24.3 Å². The van der Waals surface area contributed by atoms with Gasteiger partial charge in [-0.05, 0) is 57.8 Å². The van der Waals surface area contributed by atoms with Gasteiger partial charge in [-0.3, -0.25) is 4.79 Å². The molecule has 0 radical (unpaired) electrons. The number of nitrogens with one attached hydrogen (secondary N) is 1. The third-order valence-corrected chi connectivity index (χ3v) is 6.38. The zero-order valence-corrected chi connectivity index (χ0v) is 22.5. The quantitative estimate of drug-likeness (QED) is 0.0914. The lowest BCUT2D eigenvalue weighted by molar-refractivity contribution is -0.132. The van der Waals surface area contributed by atoms with Crippen LogP contribution in [0.3, 0.4) is 0 Å². The van der Waals surface area contributed by atoms with Crippen LogP contribution in [0.4, 0.5) is 0 Å². The summed E-state index contributed by atoms with van der Waals surface area (Å²) < 4.78 is 0. The minimum Gasteiger partial charge on any atom is -0.394 e. The summed E-state index contributed by atoms with van der Waals surface area (Å²) in [6.07, 6.45) is 22.1. The first-order valence-electron chi connectivity index (χ1n) is 14.2. The molecule has 0 aliphatic rings. The topological polar surface area (TPSA) is 110 Å². The van der Waals surface area contributed by atoms with E-state index in [1.54, 1.807) is 0 Å². The number of aliphatic hydroxyl groups is 4. The second-order valence-corrected chi connectivity index (χ2v) is 9.73. The lowest BCUT2D eigenvalue weighted by atomic mass is 10.00. The molecule has 0 bridgehead atoms. The number of unbranched alkanes of at least 4 members (excludes halogenated alkanes) is 11. The molecular weight excluding hydrogens is 442 g/mol. The SMILES string of the molecule is CCCC/C=C\CCCCCCC(O)C(=O)NC(CO)C(O)C(O)CCC/C=C/CCCCCC. The van der Waals surface area contributed by atoms with Crippen LogP contribution in [-0.4, -0.2) is 57.3 Å². The molecule has 35 heavy (non-hydrogen) atoms. The summed E-state index contributed by atoms with van der Waals surface area (Å²) in [5, 5.41) is 42.9. The molecule has 0 rings (SSSR count). The Morgan fingerprint density at radius 2 is 1.20 bits per heavy atom. The molecule has 1 amide bonds. The van der Waals surface area contributed by atoms with Crippen molar-refractivity contribution in [2.75, 3.05) is 6.61 Å². The second-order valence-electron chi connectivity index (χ2n) is 9.73. The van der Waals surface area contributed by atoms with Gasteiger partial charge in [0, 0.05) is 0 Å². The Labute approximate surface area is 214 Å². The van der Waals surface area contributed by atoms with Crippen LogP contribution in [0.25, 0.3) is 0 Å². The number of allylic oxidation sites excluding steroid dienone is 4. The van der Waals surface area contributed by atoms with Gasteiger partial charge in [-0.2, -0.15) is 0 Å². The zero-order valence-electron chi connectivity index (χ0n) is 22.5. The van der Waals surface area contributed by atoms with Gasteiger partial charge < -0.3 is 25.7 Å². The molecule has 0 spiro atoms. The Kier molecular flexibility index (Phi) is 23.6. The van der Waals surface area contributed by atoms with Crippen molar-refractivity contribution in [2.24, 2.45) is 0 Å². The average molecular weight is 498 g/mol. The van der Waals surface area contributed by atoms with Crippen molar-refractivity contribution in [3.05, 3.63) is 24.3 Å². The Morgan fingerprint density at radius 3 is 1.77 bits per heavy atom. The molecule has 4 atom stereocenters. The molecule has 0 aliphatic heterocycles. The van der Waals surface area contributed by atoms with Crippen LogP contribution in [0.5, 0.6) is 0 Å². The van der Waals surface area contributed by atoms with Crippen LogP contribution in [0, 0.1) is 0 Å². The normalized spacial score (nSPS) is 15.5. The van der Waals surface area contributed by atoms with Crippen molar-refractivity contribution in [3.63, 3.8) is 0 Å². The van der Waals surface area contributed by atoms with E-state index in [0.29, 0.717) is 19.3 Å². The first-order chi connectivity index (χ1) is 17.0. The third kappa shape index (κ3) is 19.6. The van der Waals surface area contributed by atoms with E-state index in [-0.39, 0.29) is 0 Å². The second kappa shape index (κ2) is 24.5. The largest absolute Gasteiger partial charge is 0.394 e. The standard InChI is InChI=1S/C29H55NO5/c1-3-5-7-9-11-13-15-17-19-21-23-27(33)29(35)30-25(24-31)28(34)26(32)22-20-18-16-14-12-10-8-6-4-2/h9,11,14,16,25-28,31-34H,3-8,10,12-13,15,17-24H2,1-2H3,(H,30,35)/b11-9-,16-14+. The van der Waals surface area contributed by atoms with Crippen molar-refractivity contribution in [1.29, 1.82) is 0 Å². The van der Waals surface area contributed by atoms with Crippen molar-refractivity contribution in [2.45, 2.75) is 147 Å². The fraction of sp³-hybridized carbons (Fsp3) is 0.828. The smallest absolute Gasteiger partial charge is 0.249 e. The highest BCUT2D eigenvalue weighted by atomic mass is 16.3. The Bertz CT molecular complexity index is 537. The monoisotopic (exact) mass is 497 g/mol. The van der Waals surface area contributed by atoms with Gasteiger partial charge in [0.15, 0.2) is 0 Å². The molecule has 0 saturated carbocycles. The number of amides is 1. The summed E-state index contributed by atoms with van der Waals surface area (Å²) in [4.78, 5) is 12.3. The predicted molar refractivity (Wildman–Crippen MR) is 145 cm³/mol. The van der Waals surface area contributed by atoms with Gasteiger partial charge in [-0.1, -0.05) is 89.5 Å². The van der Waals surface area contributed by atoms with Gasteiger partial charge in [-0.25, -0.2) is 0 Å². The average Bonchev–Trinajstić information content (AvgIpc) is 2.86. The Hall–Kier alpha value is -1.21. The molecular formula is C29H55NO5. The number of carbonyl (C=O) groups is 1. The van der Waals surface area contributed by atoms with E-state index in [0.717, 1.165) is 51.4 Å². The molecule has 0 aliphatic carbocycles. The molecule has 0 aromatic rings. The van der Waals surface area contributed by atoms with Crippen LogP contribution in [0.2, 0.25) is 0 Å². The molecule has 0 aromatic carbocycles. The molecule has 0 saturated heterocycles. The highest BCUT2D eigenvalue weighted by Crippen LogP contribution is 2.12. The third-order valence-electron chi connectivity index (χ3n) is 6.38. The summed E-state index contributed by atoms with van der Waals surface area (Å²) in [5.74, 6) is -0.611. The molecule has 0 aromatic heterocycles. The molecule has 4 unspecified atom stereocenters. The molecule has 0 heterocycles. The van der Waals surface area contributed by atoms with Gasteiger partial charge in [0.05, 0.1) is 18.8 Å².